The van der Waals surface area contributed by atoms with Gasteiger partial charge in [0.1, 0.15) is 23.8 Å². The van der Waals surface area contributed by atoms with Gasteiger partial charge >= 0.3 is 6.18 Å². The fourth-order valence-electron chi connectivity index (χ4n) is 5.29. The van der Waals surface area contributed by atoms with Crippen molar-refractivity contribution in [1.29, 1.82) is 0 Å². The monoisotopic (exact) mass is 518 g/mol. The van der Waals surface area contributed by atoms with Gasteiger partial charge in [-0.05, 0) is 41.8 Å². The number of hydrogen-bond donors (Lipinski definition) is 1. The molecule has 15 heteroatoms. The number of aromatic nitrogens is 6. The van der Waals surface area contributed by atoms with E-state index in [2.05, 4.69) is 30.2 Å². The molecule has 0 radical (unpaired) electrons. The zero-order chi connectivity index (χ0) is 26.0. The van der Waals surface area contributed by atoms with Gasteiger partial charge in [0.05, 0.1) is 18.9 Å². The Bertz CT molecular complexity index is 1250. The summed E-state index contributed by atoms with van der Waals surface area (Å²) in [4.78, 5) is 7.97. The van der Waals surface area contributed by atoms with Crippen LogP contribution in [0.15, 0.2) is 36.9 Å². The van der Waals surface area contributed by atoms with Crippen molar-refractivity contribution in [3.8, 4) is 5.75 Å². The molecule has 6 rings (SSSR count). The Balaban J connectivity index is 1.39. The maximum Gasteiger partial charge on any atom is 0.422 e. The molecule has 0 aliphatic heterocycles. The number of aliphatic hydroxyl groups is 1. The van der Waals surface area contributed by atoms with Crippen LogP contribution in [0.4, 0.5) is 30.7 Å². The van der Waals surface area contributed by atoms with Crippen molar-refractivity contribution in [2.24, 2.45) is 5.41 Å². The third kappa shape index (κ3) is 3.67. The van der Waals surface area contributed by atoms with Crippen molar-refractivity contribution in [2.75, 3.05) is 6.61 Å². The fraction of sp³-hybridized carbons (Fsp3) is 0.476. The zero-order valence-corrected chi connectivity index (χ0v) is 18.2. The molecule has 0 unspecified atom stereocenters. The van der Waals surface area contributed by atoms with Crippen molar-refractivity contribution in [2.45, 2.75) is 48.9 Å². The standard InChI is InChI=1S/C21H17F7N6O2/c22-12-1-2-14(15(23)3-12)19(35,9-34-11-31-32-33-34)21(27,28)18-6-17(7-18,8-18)16-29-4-13(5-30-16)36-10-20(24,25)26/h1-5,11,35H,6-10H2/t17?,18?,19-/m1/s1. The summed E-state index contributed by atoms with van der Waals surface area (Å²) in [6.07, 6.45) is -2.03. The largest absolute Gasteiger partial charge is 0.481 e. The van der Waals surface area contributed by atoms with Crippen LogP contribution in [0.5, 0.6) is 5.75 Å². The molecule has 36 heavy (non-hydrogen) atoms. The molecule has 1 N–H and O–H groups in total. The Hall–Kier alpha value is -3.36. The van der Waals surface area contributed by atoms with Crippen LogP contribution in [0, 0.1) is 17.0 Å². The SMILES string of the molecule is O[C@](Cn1cnnn1)(c1ccc(F)cc1F)C(F)(F)C12CC(c3ncc(OCC(F)(F)F)cn3)(C1)C2. The molecule has 2 aromatic heterocycles. The van der Waals surface area contributed by atoms with Crippen LogP contribution in [-0.2, 0) is 17.6 Å². The second-order valence-corrected chi connectivity index (χ2v) is 9.30. The normalized spacial score (nSPS) is 25.0. The van der Waals surface area contributed by atoms with E-state index in [4.69, 9.17) is 0 Å². The highest BCUT2D eigenvalue weighted by atomic mass is 19.4. The fourth-order valence-corrected chi connectivity index (χ4v) is 5.29. The number of tetrazole rings is 1. The Morgan fingerprint density at radius 3 is 2.25 bits per heavy atom. The first-order chi connectivity index (χ1) is 16.8. The van der Waals surface area contributed by atoms with Crippen molar-refractivity contribution >= 4 is 0 Å². The van der Waals surface area contributed by atoms with Gasteiger partial charge in [-0.1, -0.05) is 0 Å². The smallest absolute Gasteiger partial charge is 0.422 e. The van der Waals surface area contributed by atoms with Gasteiger partial charge in [0.25, 0.3) is 5.92 Å². The van der Waals surface area contributed by atoms with Gasteiger partial charge < -0.3 is 9.84 Å². The third-order valence-corrected chi connectivity index (χ3v) is 6.88. The molecule has 2 heterocycles. The molecule has 1 aromatic carbocycles. The molecular formula is C21H17F7N6O2. The number of hydrogen-bond acceptors (Lipinski definition) is 7. The van der Waals surface area contributed by atoms with Crippen molar-refractivity contribution in [1.82, 2.24) is 30.2 Å². The molecule has 3 aliphatic carbocycles. The van der Waals surface area contributed by atoms with Crippen LogP contribution >= 0.6 is 0 Å². The molecule has 0 spiro atoms. The molecular weight excluding hydrogens is 501 g/mol. The molecule has 0 saturated heterocycles. The van der Waals surface area contributed by atoms with E-state index in [1.165, 1.54) is 0 Å². The highest BCUT2D eigenvalue weighted by Gasteiger charge is 2.83. The first-order valence-electron chi connectivity index (χ1n) is 10.6. The van der Waals surface area contributed by atoms with E-state index in [0.717, 1.165) is 35.5 Å². The highest BCUT2D eigenvalue weighted by Crippen LogP contribution is 2.80. The summed E-state index contributed by atoms with van der Waals surface area (Å²) in [7, 11) is 0. The first-order valence-corrected chi connectivity index (χ1v) is 10.6. The maximum atomic E-state index is 16.1. The minimum atomic E-state index is -4.55. The lowest BCUT2D eigenvalue weighted by Crippen LogP contribution is -2.76. The van der Waals surface area contributed by atoms with Gasteiger partial charge in [0, 0.05) is 22.5 Å². The molecule has 3 saturated carbocycles. The number of nitrogens with zero attached hydrogens (tertiary/aromatic N) is 6. The highest BCUT2D eigenvalue weighted by molar-refractivity contribution is 5.39. The molecule has 3 aromatic rings. The topological polar surface area (TPSA) is 98.8 Å². The van der Waals surface area contributed by atoms with Gasteiger partial charge in [-0.3, -0.25) is 0 Å². The molecule has 192 valence electrons. The Morgan fingerprint density at radius 2 is 1.69 bits per heavy atom. The van der Waals surface area contributed by atoms with Crippen LogP contribution < -0.4 is 4.74 Å². The summed E-state index contributed by atoms with van der Waals surface area (Å²) in [5.41, 5.74) is -6.58. The van der Waals surface area contributed by atoms with Crippen LogP contribution in [0.3, 0.4) is 0 Å². The van der Waals surface area contributed by atoms with E-state index in [-0.39, 0.29) is 30.8 Å². The number of benzene rings is 1. The molecule has 0 amide bonds. The lowest BCUT2D eigenvalue weighted by molar-refractivity contribution is -0.349. The van der Waals surface area contributed by atoms with Gasteiger partial charge in [-0.2, -0.15) is 13.2 Å². The van der Waals surface area contributed by atoms with Gasteiger partial charge in [0.15, 0.2) is 18.0 Å². The summed E-state index contributed by atoms with van der Waals surface area (Å²) < 4.78 is 103. The van der Waals surface area contributed by atoms with Gasteiger partial charge in [-0.15, -0.1) is 5.10 Å². The van der Waals surface area contributed by atoms with Gasteiger partial charge in [0.2, 0.25) is 0 Å². The zero-order valence-electron chi connectivity index (χ0n) is 18.2. The molecule has 2 bridgehead atoms. The number of ether oxygens (including phenoxy) is 1. The van der Waals surface area contributed by atoms with E-state index in [9.17, 15) is 27.1 Å². The quantitative estimate of drug-likeness (QED) is 0.457. The van der Waals surface area contributed by atoms with E-state index >= 15 is 8.78 Å². The van der Waals surface area contributed by atoms with E-state index in [1.807, 2.05) is 0 Å². The lowest BCUT2D eigenvalue weighted by atomic mass is 9.31. The third-order valence-electron chi connectivity index (χ3n) is 6.88. The summed E-state index contributed by atoms with van der Waals surface area (Å²) >= 11 is 0. The number of alkyl halides is 5. The number of halogens is 7. The van der Waals surface area contributed by atoms with Crippen molar-refractivity contribution in [3.63, 3.8) is 0 Å². The van der Waals surface area contributed by atoms with Gasteiger partial charge in [-0.25, -0.2) is 32.2 Å². The first kappa shape index (κ1) is 24.3. The average Bonchev–Trinajstić information content (AvgIpc) is 3.23. The Kier molecular flexibility index (Phi) is 5.29. The second-order valence-electron chi connectivity index (χ2n) is 9.30. The van der Waals surface area contributed by atoms with E-state index in [1.54, 1.807) is 0 Å². The Labute approximate surface area is 198 Å². The minimum absolute atomic E-state index is 0.150. The predicted octanol–water partition coefficient (Wildman–Crippen LogP) is 3.33. The molecule has 3 aliphatic rings. The summed E-state index contributed by atoms with van der Waals surface area (Å²) in [5.74, 6) is -6.37. The van der Waals surface area contributed by atoms with E-state index in [0.29, 0.717) is 6.07 Å². The van der Waals surface area contributed by atoms with Crippen molar-refractivity contribution in [3.05, 3.63) is 59.9 Å². The molecule has 8 nitrogen and oxygen atoms in total. The van der Waals surface area contributed by atoms with E-state index < -0.39 is 58.9 Å². The summed E-state index contributed by atoms with van der Waals surface area (Å²) in [6.45, 7) is -2.44. The lowest BCUT2D eigenvalue weighted by Gasteiger charge is -2.73. The summed E-state index contributed by atoms with van der Waals surface area (Å²) in [6, 6.07) is 1.92. The Morgan fingerprint density at radius 1 is 1.03 bits per heavy atom. The molecule has 3 fully saturated rings. The van der Waals surface area contributed by atoms with Crippen molar-refractivity contribution < 1.29 is 40.6 Å². The minimum Gasteiger partial charge on any atom is -0.481 e. The number of rotatable bonds is 8. The molecule has 1 atom stereocenters. The second kappa shape index (κ2) is 7.82. The average molecular weight is 518 g/mol. The maximum absolute atomic E-state index is 16.1. The van der Waals surface area contributed by atoms with Crippen LogP contribution in [0.1, 0.15) is 30.7 Å². The van der Waals surface area contributed by atoms with Crippen LogP contribution in [0.2, 0.25) is 0 Å². The summed E-state index contributed by atoms with van der Waals surface area (Å²) in [5, 5.41) is 21.5. The van der Waals surface area contributed by atoms with Crippen LogP contribution in [0.25, 0.3) is 0 Å². The van der Waals surface area contributed by atoms with Crippen LogP contribution in [-0.4, -0.2) is 54.0 Å². The predicted molar refractivity (Wildman–Crippen MR) is 105 cm³/mol.